The Balaban J connectivity index is 1.59. The number of carbonyl (C=O) groups excluding carboxylic acids is 2. The average Bonchev–Trinajstić information content (AvgIpc) is 2.85. The van der Waals surface area contributed by atoms with Crippen LogP contribution in [0.2, 0.25) is 0 Å². The quantitative estimate of drug-likeness (QED) is 0.817. The Hall–Kier alpha value is -2.48. The maximum Gasteiger partial charge on any atom is 0.357 e. The fourth-order valence-corrected chi connectivity index (χ4v) is 4.96. The van der Waals surface area contributed by atoms with Crippen LogP contribution in [0.5, 0.6) is 0 Å². The largest absolute Gasteiger partial charge is 0.451 e. The van der Waals surface area contributed by atoms with Crippen molar-refractivity contribution < 1.29 is 22.7 Å². The van der Waals surface area contributed by atoms with Crippen molar-refractivity contribution in [3.8, 4) is 0 Å². The predicted octanol–water partition coefficient (Wildman–Crippen LogP) is 1.08. The van der Waals surface area contributed by atoms with Crippen LogP contribution in [0.15, 0.2) is 36.4 Å². The molecule has 3 rings (SSSR count). The van der Waals surface area contributed by atoms with Crippen LogP contribution in [-0.2, 0) is 19.4 Å². The Bertz CT molecular complexity index is 941. The molecule has 2 heterocycles. The van der Waals surface area contributed by atoms with E-state index < -0.39 is 33.9 Å². The van der Waals surface area contributed by atoms with Gasteiger partial charge in [-0.3, -0.25) is 4.79 Å². The molecule has 1 aliphatic heterocycles. The van der Waals surface area contributed by atoms with Gasteiger partial charge in [-0.15, -0.1) is 0 Å². The molecule has 0 radical (unpaired) electrons. The van der Waals surface area contributed by atoms with Gasteiger partial charge in [0.1, 0.15) is 5.69 Å². The lowest BCUT2D eigenvalue weighted by Gasteiger charge is -2.23. The highest BCUT2D eigenvalue weighted by Gasteiger charge is 2.39. The smallest absolute Gasteiger partial charge is 0.357 e. The summed E-state index contributed by atoms with van der Waals surface area (Å²) in [5.41, 5.74) is -0.0463. The molecule has 1 aliphatic rings. The van der Waals surface area contributed by atoms with Crippen LogP contribution < -0.4 is 5.32 Å². The number of esters is 1. The summed E-state index contributed by atoms with van der Waals surface area (Å²) in [6.07, 6.45) is 0.348. The van der Waals surface area contributed by atoms with Gasteiger partial charge < -0.3 is 10.1 Å². The van der Waals surface area contributed by atoms with Gasteiger partial charge in [0.15, 0.2) is 16.4 Å². The molecule has 8 heteroatoms. The van der Waals surface area contributed by atoms with E-state index in [4.69, 9.17) is 4.74 Å². The minimum atomic E-state index is -3.13. The molecule has 7 nitrogen and oxygen atoms in total. The molecule has 0 unspecified atom stereocenters. The molecular formula is C17H18N2O5S. The van der Waals surface area contributed by atoms with Crippen molar-refractivity contribution in [3.05, 3.63) is 42.1 Å². The van der Waals surface area contributed by atoms with Crippen LogP contribution in [0.3, 0.4) is 0 Å². The van der Waals surface area contributed by atoms with E-state index in [9.17, 15) is 18.0 Å². The first-order valence-electron chi connectivity index (χ1n) is 7.81. The summed E-state index contributed by atoms with van der Waals surface area (Å²) >= 11 is 0. The van der Waals surface area contributed by atoms with E-state index >= 15 is 0 Å². The van der Waals surface area contributed by atoms with E-state index in [1.165, 1.54) is 6.07 Å². The second-order valence-electron chi connectivity index (χ2n) is 6.42. The number of nitrogens with one attached hydrogen (secondary N) is 1. The van der Waals surface area contributed by atoms with Crippen LogP contribution in [0.1, 0.15) is 23.8 Å². The fraction of sp³-hybridized carbons (Fsp3) is 0.353. The van der Waals surface area contributed by atoms with Gasteiger partial charge in [0.25, 0.3) is 5.91 Å². The molecule has 0 saturated carbocycles. The number of fused-ring (bicyclic) bond motifs is 1. The summed E-state index contributed by atoms with van der Waals surface area (Å²) in [4.78, 5) is 28.2. The molecule has 2 aromatic rings. The van der Waals surface area contributed by atoms with E-state index in [1.807, 2.05) is 18.2 Å². The number of hydrogen-bond acceptors (Lipinski definition) is 6. The molecule has 1 fully saturated rings. The number of carbonyl (C=O) groups is 2. The van der Waals surface area contributed by atoms with Crippen LogP contribution >= 0.6 is 0 Å². The predicted molar refractivity (Wildman–Crippen MR) is 91.8 cm³/mol. The third kappa shape index (κ3) is 4.14. The van der Waals surface area contributed by atoms with Gasteiger partial charge in [0, 0.05) is 5.39 Å². The monoisotopic (exact) mass is 362 g/mol. The van der Waals surface area contributed by atoms with E-state index in [1.54, 1.807) is 19.1 Å². The molecule has 1 amide bonds. The van der Waals surface area contributed by atoms with Gasteiger partial charge in [0.05, 0.1) is 22.6 Å². The normalized spacial score (nSPS) is 21.8. The molecule has 0 aliphatic carbocycles. The van der Waals surface area contributed by atoms with Crippen molar-refractivity contribution in [2.75, 3.05) is 18.1 Å². The minimum absolute atomic E-state index is 0.0462. The van der Waals surface area contributed by atoms with E-state index in [0.29, 0.717) is 11.9 Å². The van der Waals surface area contributed by atoms with Crippen LogP contribution in [-0.4, -0.2) is 48.9 Å². The van der Waals surface area contributed by atoms with Crippen molar-refractivity contribution in [1.82, 2.24) is 10.3 Å². The summed E-state index contributed by atoms with van der Waals surface area (Å²) in [6, 6.07) is 10.6. The lowest BCUT2D eigenvalue weighted by atomic mass is 10.0. The van der Waals surface area contributed by atoms with Crippen LogP contribution in [0, 0.1) is 0 Å². The minimum Gasteiger partial charge on any atom is -0.451 e. The van der Waals surface area contributed by atoms with Gasteiger partial charge >= 0.3 is 5.97 Å². The van der Waals surface area contributed by atoms with Crippen molar-refractivity contribution in [2.45, 2.75) is 18.9 Å². The van der Waals surface area contributed by atoms with Gasteiger partial charge in [-0.1, -0.05) is 24.3 Å². The summed E-state index contributed by atoms with van der Waals surface area (Å²) in [5, 5.41) is 3.53. The maximum atomic E-state index is 12.1. The third-order valence-electron chi connectivity index (χ3n) is 4.09. The summed E-state index contributed by atoms with van der Waals surface area (Å²) in [5.74, 6) is -1.30. The molecule has 132 valence electrons. The summed E-state index contributed by atoms with van der Waals surface area (Å²) in [7, 11) is -3.13. The second kappa shape index (κ2) is 6.44. The van der Waals surface area contributed by atoms with Crippen molar-refractivity contribution >= 4 is 32.6 Å². The Morgan fingerprint density at radius 1 is 1.24 bits per heavy atom. The zero-order valence-corrected chi connectivity index (χ0v) is 14.5. The standard InChI is InChI=1S/C17H18N2O5S/c1-17(8-9-25(22,23)11-17)19-15(20)10-24-16(21)14-7-6-12-4-2-3-5-13(12)18-14/h2-7H,8-11H2,1H3,(H,19,20)/t17-/m0/s1. The zero-order chi connectivity index (χ0) is 18.1. The molecule has 1 saturated heterocycles. The number of sulfone groups is 1. The number of ether oxygens (including phenoxy) is 1. The lowest BCUT2D eigenvalue weighted by molar-refractivity contribution is -0.125. The Labute approximate surface area is 145 Å². The van der Waals surface area contributed by atoms with Crippen molar-refractivity contribution in [1.29, 1.82) is 0 Å². The highest BCUT2D eigenvalue weighted by molar-refractivity contribution is 7.91. The number of rotatable bonds is 4. The van der Waals surface area contributed by atoms with Crippen molar-refractivity contribution in [2.24, 2.45) is 0 Å². The van der Waals surface area contributed by atoms with Gasteiger partial charge in [-0.05, 0) is 25.5 Å². The number of aromatic nitrogens is 1. The number of para-hydroxylation sites is 1. The molecule has 1 aromatic carbocycles. The molecule has 1 N–H and O–H groups in total. The average molecular weight is 362 g/mol. The summed E-state index contributed by atoms with van der Waals surface area (Å²) in [6.45, 7) is 1.19. The second-order valence-corrected chi connectivity index (χ2v) is 8.60. The molecular weight excluding hydrogens is 344 g/mol. The first-order chi connectivity index (χ1) is 11.8. The molecule has 25 heavy (non-hydrogen) atoms. The van der Waals surface area contributed by atoms with Gasteiger partial charge in [0.2, 0.25) is 0 Å². The van der Waals surface area contributed by atoms with E-state index in [0.717, 1.165) is 5.39 Å². The third-order valence-corrected chi connectivity index (χ3v) is 5.99. The Morgan fingerprint density at radius 2 is 2.00 bits per heavy atom. The first-order valence-corrected chi connectivity index (χ1v) is 9.63. The number of benzene rings is 1. The first kappa shape index (κ1) is 17.3. The van der Waals surface area contributed by atoms with Gasteiger partial charge in [-0.25, -0.2) is 18.2 Å². The highest BCUT2D eigenvalue weighted by atomic mass is 32.2. The topological polar surface area (TPSA) is 102 Å². The van der Waals surface area contributed by atoms with Gasteiger partial charge in [-0.2, -0.15) is 0 Å². The SMILES string of the molecule is C[C@]1(NC(=O)COC(=O)c2ccc3ccccc3n2)CCS(=O)(=O)C1. The number of hydrogen-bond donors (Lipinski definition) is 1. The Kier molecular flexibility index (Phi) is 4.47. The van der Waals surface area contributed by atoms with Crippen LogP contribution in [0.25, 0.3) is 10.9 Å². The highest BCUT2D eigenvalue weighted by Crippen LogP contribution is 2.22. The number of nitrogens with zero attached hydrogens (tertiary/aromatic N) is 1. The zero-order valence-electron chi connectivity index (χ0n) is 13.7. The maximum absolute atomic E-state index is 12.1. The fourth-order valence-electron chi connectivity index (χ4n) is 2.87. The number of pyridine rings is 1. The molecule has 0 bridgehead atoms. The van der Waals surface area contributed by atoms with Crippen LogP contribution in [0.4, 0.5) is 0 Å². The van der Waals surface area contributed by atoms with E-state index in [-0.39, 0.29) is 17.2 Å². The van der Waals surface area contributed by atoms with Crippen molar-refractivity contribution in [3.63, 3.8) is 0 Å². The molecule has 1 atom stereocenters. The van der Waals surface area contributed by atoms with E-state index in [2.05, 4.69) is 10.3 Å². The lowest BCUT2D eigenvalue weighted by Crippen LogP contribution is -2.48. The molecule has 1 aromatic heterocycles. The molecule has 0 spiro atoms. The summed E-state index contributed by atoms with van der Waals surface area (Å²) < 4.78 is 28.1. The Morgan fingerprint density at radius 3 is 2.72 bits per heavy atom. The number of amides is 1.